The number of hydrogen-bond donors (Lipinski definition) is 2. The van der Waals surface area contributed by atoms with E-state index in [0.29, 0.717) is 31.5 Å². The molecule has 134 valence electrons. The molecule has 2 N–H and O–H groups in total. The smallest absolute Gasteiger partial charge is 0.354 e. The third-order valence-corrected chi connectivity index (χ3v) is 4.34. The first kappa shape index (κ1) is 17.6. The Labute approximate surface area is 150 Å². The molecule has 0 bridgehead atoms. The summed E-state index contributed by atoms with van der Waals surface area (Å²) in [6, 6.07) is 13.4. The second-order valence-corrected chi connectivity index (χ2v) is 6.12. The quantitative estimate of drug-likeness (QED) is 0.873. The Morgan fingerprint density at radius 3 is 2.27 bits per heavy atom. The summed E-state index contributed by atoms with van der Waals surface area (Å²) in [7, 11) is 0. The van der Waals surface area contributed by atoms with Crippen LogP contribution in [0.5, 0.6) is 0 Å². The molecule has 7 nitrogen and oxygen atoms in total. The molecule has 26 heavy (non-hydrogen) atoms. The van der Waals surface area contributed by atoms with E-state index >= 15 is 0 Å². The zero-order valence-corrected chi connectivity index (χ0v) is 14.1. The number of pyridine rings is 1. The van der Waals surface area contributed by atoms with E-state index in [1.54, 1.807) is 17.0 Å². The zero-order chi connectivity index (χ0) is 18.5. The van der Waals surface area contributed by atoms with Gasteiger partial charge in [-0.25, -0.2) is 9.78 Å². The van der Waals surface area contributed by atoms with Gasteiger partial charge in [0.25, 0.3) is 11.8 Å². The van der Waals surface area contributed by atoms with Gasteiger partial charge in [0, 0.05) is 24.7 Å². The SMILES string of the molecule is O=C(O)c1cccc(C(=O)NC2CCN(C(=O)c3ccccc3)CC2)n1. The van der Waals surface area contributed by atoms with Crippen molar-refractivity contribution in [1.29, 1.82) is 0 Å². The highest BCUT2D eigenvalue weighted by Gasteiger charge is 2.25. The highest BCUT2D eigenvalue weighted by atomic mass is 16.4. The van der Waals surface area contributed by atoms with Crippen molar-refractivity contribution >= 4 is 17.8 Å². The van der Waals surface area contributed by atoms with E-state index in [-0.39, 0.29) is 23.3 Å². The van der Waals surface area contributed by atoms with Crippen LogP contribution >= 0.6 is 0 Å². The Kier molecular flexibility index (Phi) is 5.26. The predicted octanol–water partition coefficient (Wildman–Crippen LogP) is 1.81. The lowest BCUT2D eigenvalue weighted by Crippen LogP contribution is -2.46. The second-order valence-electron chi connectivity index (χ2n) is 6.12. The van der Waals surface area contributed by atoms with Crippen molar-refractivity contribution in [1.82, 2.24) is 15.2 Å². The topological polar surface area (TPSA) is 99.6 Å². The fourth-order valence-electron chi connectivity index (χ4n) is 2.93. The summed E-state index contributed by atoms with van der Waals surface area (Å²) >= 11 is 0. The molecule has 2 amide bonds. The molecule has 0 atom stereocenters. The molecule has 1 fully saturated rings. The Morgan fingerprint density at radius 2 is 1.62 bits per heavy atom. The number of carbonyl (C=O) groups is 3. The minimum Gasteiger partial charge on any atom is -0.477 e. The third-order valence-electron chi connectivity index (χ3n) is 4.34. The van der Waals surface area contributed by atoms with E-state index in [1.165, 1.54) is 18.2 Å². The van der Waals surface area contributed by atoms with E-state index in [0.717, 1.165) is 0 Å². The van der Waals surface area contributed by atoms with Gasteiger partial charge in [0.05, 0.1) is 0 Å². The van der Waals surface area contributed by atoms with Gasteiger partial charge in [-0.2, -0.15) is 0 Å². The van der Waals surface area contributed by atoms with Gasteiger partial charge in [0.15, 0.2) is 0 Å². The van der Waals surface area contributed by atoms with Crippen LogP contribution in [0.3, 0.4) is 0 Å². The van der Waals surface area contributed by atoms with Crippen molar-refractivity contribution in [3.63, 3.8) is 0 Å². The lowest BCUT2D eigenvalue weighted by Gasteiger charge is -2.32. The molecule has 0 saturated carbocycles. The molecule has 0 aliphatic carbocycles. The summed E-state index contributed by atoms with van der Waals surface area (Å²) in [5.74, 6) is -1.58. The van der Waals surface area contributed by atoms with Crippen molar-refractivity contribution in [3.05, 3.63) is 65.5 Å². The van der Waals surface area contributed by atoms with Crippen molar-refractivity contribution in [2.45, 2.75) is 18.9 Å². The number of rotatable bonds is 4. The minimum absolute atomic E-state index is 0.00815. The molecular weight excluding hydrogens is 334 g/mol. The highest BCUT2D eigenvalue weighted by molar-refractivity contribution is 5.95. The van der Waals surface area contributed by atoms with Gasteiger partial charge in [-0.05, 0) is 37.1 Å². The number of aromatic carboxylic acids is 1. The Bertz CT molecular complexity index is 815. The molecule has 7 heteroatoms. The average molecular weight is 353 g/mol. The fraction of sp³-hybridized carbons (Fsp3) is 0.263. The fourth-order valence-corrected chi connectivity index (χ4v) is 2.93. The molecule has 1 aliphatic heterocycles. The van der Waals surface area contributed by atoms with Crippen LogP contribution in [0.2, 0.25) is 0 Å². The maximum absolute atomic E-state index is 12.4. The highest BCUT2D eigenvalue weighted by Crippen LogP contribution is 2.14. The van der Waals surface area contributed by atoms with Crippen LogP contribution < -0.4 is 5.32 Å². The Morgan fingerprint density at radius 1 is 0.962 bits per heavy atom. The minimum atomic E-state index is -1.17. The monoisotopic (exact) mass is 353 g/mol. The normalized spacial score (nSPS) is 14.7. The van der Waals surface area contributed by atoms with Gasteiger partial charge in [-0.1, -0.05) is 24.3 Å². The molecule has 1 aromatic heterocycles. The van der Waals surface area contributed by atoms with Crippen LogP contribution in [-0.4, -0.2) is 51.9 Å². The van der Waals surface area contributed by atoms with Crippen molar-refractivity contribution in [3.8, 4) is 0 Å². The van der Waals surface area contributed by atoms with Crippen LogP contribution in [-0.2, 0) is 0 Å². The van der Waals surface area contributed by atoms with E-state index < -0.39 is 11.9 Å². The summed E-state index contributed by atoms with van der Waals surface area (Å²) < 4.78 is 0. The van der Waals surface area contributed by atoms with Crippen LogP contribution in [0.4, 0.5) is 0 Å². The predicted molar refractivity (Wildman–Crippen MR) is 94.0 cm³/mol. The standard InChI is InChI=1S/C19H19N3O4/c23-17(15-7-4-8-16(21-15)19(25)26)20-14-9-11-22(12-10-14)18(24)13-5-2-1-3-6-13/h1-8,14H,9-12H2,(H,20,23)(H,25,26). The van der Waals surface area contributed by atoms with Gasteiger partial charge in [-0.3, -0.25) is 9.59 Å². The van der Waals surface area contributed by atoms with Crippen molar-refractivity contribution < 1.29 is 19.5 Å². The number of piperidine rings is 1. The summed E-state index contributed by atoms with van der Waals surface area (Å²) in [6.45, 7) is 1.11. The van der Waals surface area contributed by atoms with Crippen LogP contribution in [0, 0.1) is 0 Å². The number of likely N-dealkylation sites (tertiary alicyclic amines) is 1. The van der Waals surface area contributed by atoms with E-state index in [1.807, 2.05) is 18.2 Å². The maximum atomic E-state index is 12.4. The van der Waals surface area contributed by atoms with Gasteiger partial charge in [0.2, 0.25) is 0 Å². The van der Waals surface area contributed by atoms with E-state index in [4.69, 9.17) is 5.11 Å². The molecule has 0 radical (unpaired) electrons. The van der Waals surface area contributed by atoms with Crippen molar-refractivity contribution in [2.75, 3.05) is 13.1 Å². The molecule has 0 unspecified atom stereocenters. The number of hydrogen-bond acceptors (Lipinski definition) is 4. The first-order valence-corrected chi connectivity index (χ1v) is 8.40. The summed E-state index contributed by atoms with van der Waals surface area (Å²) in [4.78, 5) is 41.3. The molecule has 1 aliphatic rings. The Hall–Kier alpha value is -3.22. The molecule has 0 spiro atoms. The lowest BCUT2D eigenvalue weighted by molar-refractivity contribution is 0.0686. The summed E-state index contributed by atoms with van der Waals surface area (Å²) in [6.07, 6.45) is 1.28. The van der Waals surface area contributed by atoms with E-state index in [2.05, 4.69) is 10.3 Å². The zero-order valence-electron chi connectivity index (χ0n) is 14.1. The van der Waals surface area contributed by atoms with Gasteiger partial charge in [-0.15, -0.1) is 0 Å². The lowest BCUT2D eigenvalue weighted by atomic mass is 10.0. The number of carboxylic acid groups (broad SMARTS) is 1. The number of benzene rings is 1. The first-order valence-electron chi connectivity index (χ1n) is 8.40. The average Bonchev–Trinajstić information content (AvgIpc) is 2.68. The number of aromatic nitrogens is 1. The summed E-state index contributed by atoms with van der Waals surface area (Å²) in [5.41, 5.74) is 0.568. The number of amides is 2. The molecule has 3 rings (SSSR count). The largest absolute Gasteiger partial charge is 0.477 e. The summed E-state index contributed by atoms with van der Waals surface area (Å²) in [5, 5.41) is 11.8. The van der Waals surface area contributed by atoms with Gasteiger partial charge < -0.3 is 15.3 Å². The molecular formula is C19H19N3O4. The number of nitrogens with zero attached hydrogens (tertiary/aromatic N) is 2. The number of carboxylic acids is 1. The molecule has 1 aromatic carbocycles. The maximum Gasteiger partial charge on any atom is 0.354 e. The third kappa shape index (κ3) is 4.05. The van der Waals surface area contributed by atoms with Crippen molar-refractivity contribution in [2.24, 2.45) is 0 Å². The van der Waals surface area contributed by atoms with Gasteiger partial charge >= 0.3 is 5.97 Å². The van der Waals surface area contributed by atoms with Crippen LogP contribution in [0.25, 0.3) is 0 Å². The molecule has 2 heterocycles. The second kappa shape index (κ2) is 7.77. The van der Waals surface area contributed by atoms with Crippen LogP contribution in [0.15, 0.2) is 48.5 Å². The molecule has 1 saturated heterocycles. The Balaban J connectivity index is 1.55. The van der Waals surface area contributed by atoms with Crippen LogP contribution in [0.1, 0.15) is 44.2 Å². The van der Waals surface area contributed by atoms with E-state index in [9.17, 15) is 14.4 Å². The number of carbonyl (C=O) groups excluding carboxylic acids is 2. The first-order chi connectivity index (χ1) is 12.5. The van der Waals surface area contributed by atoms with Gasteiger partial charge in [0.1, 0.15) is 11.4 Å². The molecule has 2 aromatic rings. The number of nitrogens with one attached hydrogen (secondary N) is 1.